The van der Waals surface area contributed by atoms with Gasteiger partial charge in [-0.1, -0.05) is 47.1 Å². The van der Waals surface area contributed by atoms with Gasteiger partial charge in [0.05, 0.1) is 0 Å². The Balaban J connectivity index is 1.70. The predicted molar refractivity (Wildman–Crippen MR) is 85.4 cm³/mol. The molecule has 0 aliphatic heterocycles. The number of nitrogens with zero attached hydrogens (tertiary/aromatic N) is 2. The van der Waals surface area contributed by atoms with Gasteiger partial charge in [0.15, 0.2) is 0 Å². The maximum absolute atomic E-state index is 13.0. The topological polar surface area (TPSA) is 38.9 Å². The Labute approximate surface area is 136 Å². The zero-order valence-electron chi connectivity index (χ0n) is 11.7. The Morgan fingerprint density at radius 1 is 1.14 bits per heavy atom. The van der Waals surface area contributed by atoms with E-state index in [-0.39, 0.29) is 5.82 Å². The van der Waals surface area contributed by atoms with E-state index in [9.17, 15) is 4.39 Å². The van der Waals surface area contributed by atoms with E-state index in [0.29, 0.717) is 21.9 Å². The summed E-state index contributed by atoms with van der Waals surface area (Å²) in [6, 6.07) is 12.2. The Bertz CT molecular complexity index is 789. The second kappa shape index (κ2) is 6.50. The molecule has 0 atom stereocenters. The molecule has 0 bridgehead atoms. The van der Waals surface area contributed by atoms with Gasteiger partial charge in [-0.3, -0.25) is 0 Å². The first-order chi connectivity index (χ1) is 10.6. The third-order valence-electron chi connectivity index (χ3n) is 3.07. The van der Waals surface area contributed by atoms with Crippen LogP contribution in [0, 0.1) is 12.7 Å². The van der Waals surface area contributed by atoms with E-state index in [1.54, 1.807) is 6.07 Å². The van der Waals surface area contributed by atoms with Crippen molar-refractivity contribution in [2.75, 3.05) is 0 Å². The standard InChI is InChI=1S/C16H12ClFN2OS/c1-10-2-4-11(5-3-10)15-19-20-16(21-15)22-9-12-6-7-13(18)8-14(12)17/h2-8H,9H2,1H3. The molecular formula is C16H12ClFN2OS. The normalized spacial score (nSPS) is 10.9. The first-order valence-electron chi connectivity index (χ1n) is 6.59. The van der Waals surface area contributed by atoms with Gasteiger partial charge in [-0.05, 0) is 36.8 Å². The molecule has 0 saturated carbocycles. The van der Waals surface area contributed by atoms with Crippen molar-refractivity contribution < 1.29 is 8.81 Å². The Morgan fingerprint density at radius 3 is 2.64 bits per heavy atom. The summed E-state index contributed by atoms with van der Waals surface area (Å²) in [5, 5.41) is 8.89. The molecule has 1 aromatic heterocycles. The van der Waals surface area contributed by atoms with Crippen LogP contribution in [0.15, 0.2) is 52.1 Å². The fraction of sp³-hybridized carbons (Fsp3) is 0.125. The van der Waals surface area contributed by atoms with Gasteiger partial charge in [-0.25, -0.2) is 4.39 Å². The minimum absolute atomic E-state index is 0.349. The highest BCUT2D eigenvalue weighted by Crippen LogP contribution is 2.28. The van der Waals surface area contributed by atoms with Gasteiger partial charge in [-0.2, -0.15) is 0 Å². The number of aryl methyl sites for hydroxylation is 1. The van der Waals surface area contributed by atoms with Crippen LogP contribution in [0.3, 0.4) is 0 Å². The number of thioether (sulfide) groups is 1. The third-order valence-corrected chi connectivity index (χ3v) is 4.29. The first kappa shape index (κ1) is 15.1. The highest BCUT2D eigenvalue weighted by Gasteiger charge is 2.10. The second-order valence-electron chi connectivity index (χ2n) is 4.76. The van der Waals surface area contributed by atoms with Gasteiger partial charge in [0.25, 0.3) is 5.22 Å². The van der Waals surface area contributed by atoms with Crippen molar-refractivity contribution in [3.63, 3.8) is 0 Å². The largest absolute Gasteiger partial charge is 0.411 e. The molecule has 3 rings (SSSR count). The lowest BCUT2D eigenvalue weighted by molar-refractivity contribution is 0.466. The minimum Gasteiger partial charge on any atom is -0.411 e. The SMILES string of the molecule is Cc1ccc(-c2nnc(SCc3ccc(F)cc3Cl)o2)cc1. The van der Waals surface area contributed by atoms with Crippen LogP contribution >= 0.6 is 23.4 Å². The minimum atomic E-state index is -0.349. The summed E-state index contributed by atoms with van der Waals surface area (Å²) in [5.41, 5.74) is 2.87. The molecule has 2 aromatic carbocycles. The Morgan fingerprint density at radius 2 is 1.91 bits per heavy atom. The summed E-state index contributed by atoms with van der Waals surface area (Å²) in [7, 11) is 0. The molecule has 3 nitrogen and oxygen atoms in total. The molecule has 0 spiro atoms. The summed E-state index contributed by atoms with van der Waals surface area (Å²) >= 11 is 7.36. The smallest absolute Gasteiger partial charge is 0.277 e. The van der Waals surface area contributed by atoms with Crippen molar-refractivity contribution >= 4 is 23.4 Å². The first-order valence-corrected chi connectivity index (χ1v) is 7.95. The molecule has 3 aromatic rings. The Hall–Kier alpha value is -1.85. The molecular weight excluding hydrogens is 323 g/mol. The lowest BCUT2D eigenvalue weighted by atomic mass is 10.1. The van der Waals surface area contributed by atoms with E-state index < -0.39 is 0 Å². The van der Waals surface area contributed by atoms with Crippen molar-refractivity contribution in [1.29, 1.82) is 0 Å². The number of benzene rings is 2. The van der Waals surface area contributed by atoms with E-state index in [4.69, 9.17) is 16.0 Å². The average molecular weight is 335 g/mol. The molecule has 0 fully saturated rings. The van der Waals surface area contributed by atoms with Gasteiger partial charge in [0, 0.05) is 16.3 Å². The summed E-state index contributed by atoms with van der Waals surface area (Å²) < 4.78 is 18.6. The van der Waals surface area contributed by atoms with Gasteiger partial charge < -0.3 is 4.42 Å². The zero-order valence-corrected chi connectivity index (χ0v) is 13.3. The monoisotopic (exact) mass is 334 g/mol. The molecule has 6 heteroatoms. The summed E-state index contributed by atoms with van der Waals surface area (Å²) in [4.78, 5) is 0. The van der Waals surface area contributed by atoms with Gasteiger partial charge in [0.2, 0.25) is 5.89 Å². The molecule has 0 aliphatic rings. The van der Waals surface area contributed by atoms with Crippen molar-refractivity contribution in [2.24, 2.45) is 0 Å². The van der Waals surface area contributed by atoms with E-state index in [1.165, 1.54) is 29.5 Å². The lowest BCUT2D eigenvalue weighted by Crippen LogP contribution is -1.84. The van der Waals surface area contributed by atoms with Crippen LogP contribution in [0.1, 0.15) is 11.1 Å². The molecule has 0 N–H and O–H groups in total. The number of rotatable bonds is 4. The maximum Gasteiger partial charge on any atom is 0.277 e. The van der Waals surface area contributed by atoms with Crippen LogP contribution in [0.2, 0.25) is 5.02 Å². The molecule has 0 saturated heterocycles. The highest BCUT2D eigenvalue weighted by molar-refractivity contribution is 7.98. The molecule has 112 valence electrons. The van der Waals surface area contributed by atoms with E-state index in [0.717, 1.165) is 11.1 Å². The fourth-order valence-electron chi connectivity index (χ4n) is 1.86. The molecule has 0 amide bonds. The highest BCUT2D eigenvalue weighted by atomic mass is 35.5. The van der Waals surface area contributed by atoms with Gasteiger partial charge in [0.1, 0.15) is 5.82 Å². The van der Waals surface area contributed by atoms with Gasteiger partial charge >= 0.3 is 0 Å². The van der Waals surface area contributed by atoms with Crippen LogP contribution in [-0.2, 0) is 5.75 Å². The van der Waals surface area contributed by atoms with Crippen LogP contribution in [-0.4, -0.2) is 10.2 Å². The van der Waals surface area contributed by atoms with Crippen molar-refractivity contribution in [3.05, 3.63) is 64.4 Å². The van der Waals surface area contributed by atoms with Crippen LogP contribution in [0.4, 0.5) is 4.39 Å². The van der Waals surface area contributed by atoms with E-state index in [2.05, 4.69) is 10.2 Å². The Kier molecular flexibility index (Phi) is 4.45. The van der Waals surface area contributed by atoms with E-state index in [1.807, 2.05) is 31.2 Å². The summed E-state index contributed by atoms with van der Waals surface area (Å²) in [5.74, 6) is 0.667. The molecule has 1 heterocycles. The van der Waals surface area contributed by atoms with Crippen molar-refractivity contribution in [1.82, 2.24) is 10.2 Å². The predicted octanol–water partition coefficient (Wildman–Crippen LogP) is 5.13. The molecule has 0 unspecified atom stereocenters. The van der Waals surface area contributed by atoms with Crippen LogP contribution in [0.25, 0.3) is 11.5 Å². The molecule has 22 heavy (non-hydrogen) atoms. The van der Waals surface area contributed by atoms with Crippen molar-refractivity contribution in [3.8, 4) is 11.5 Å². The fourth-order valence-corrected chi connectivity index (χ4v) is 2.94. The summed E-state index contributed by atoms with van der Waals surface area (Å²) in [6.07, 6.45) is 0. The maximum atomic E-state index is 13.0. The van der Waals surface area contributed by atoms with Crippen LogP contribution in [0.5, 0.6) is 0 Å². The quantitative estimate of drug-likeness (QED) is 0.620. The second-order valence-corrected chi connectivity index (χ2v) is 6.10. The average Bonchev–Trinajstić information content (AvgIpc) is 2.96. The molecule has 0 radical (unpaired) electrons. The summed E-state index contributed by atoms with van der Waals surface area (Å²) in [6.45, 7) is 2.02. The number of aromatic nitrogens is 2. The van der Waals surface area contributed by atoms with Gasteiger partial charge in [-0.15, -0.1) is 10.2 Å². The van der Waals surface area contributed by atoms with E-state index >= 15 is 0 Å². The number of hydrogen-bond donors (Lipinski definition) is 0. The number of halogens is 2. The van der Waals surface area contributed by atoms with Crippen LogP contribution < -0.4 is 0 Å². The lowest BCUT2D eigenvalue weighted by Gasteiger charge is -2.01. The third kappa shape index (κ3) is 3.48. The zero-order chi connectivity index (χ0) is 15.5. The van der Waals surface area contributed by atoms with Crippen molar-refractivity contribution in [2.45, 2.75) is 17.9 Å². The number of hydrogen-bond acceptors (Lipinski definition) is 4. The molecule has 0 aliphatic carbocycles.